The second-order valence-corrected chi connectivity index (χ2v) is 4.67. The number of rotatable bonds is 4. The predicted octanol–water partition coefficient (Wildman–Crippen LogP) is 1.65. The second-order valence-electron chi connectivity index (χ2n) is 4.67. The lowest BCUT2D eigenvalue weighted by Gasteiger charge is -2.10. The fourth-order valence-electron chi connectivity index (χ4n) is 2.14. The number of nitrogens with zero attached hydrogens (tertiary/aromatic N) is 3. The third kappa shape index (κ3) is 2.56. The average molecular weight is 298 g/mol. The molecule has 3 rings (SSSR count). The first-order chi connectivity index (χ1) is 10.7. The lowest BCUT2D eigenvalue weighted by atomic mass is 10.2. The largest absolute Gasteiger partial charge is 0.497 e. The minimum Gasteiger partial charge on any atom is -0.497 e. The zero-order chi connectivity index (χ0) is 15.5. The van der Waals surface area contributed by atoms with Gasteiger partial charge in [0.15, 0.2) is 5.65 Å². The van der Waals surface area contributed by atoms with E-state index in [-0.39, 0.29) is 5.65 Å². The van der Waals surface area contributed by atoms with Crippen molar-refractivity contribution in [3.05, 3.63) is 58.8 Å². The molecular weight excluding hydrogens is 284 g/mol. The van der Waals surface area contributed by atoms with Gasteiger partial charge in [0.1, 0.15) is 12.1 Å². The highest BCUT2D eigenvalue weighted by atomic mass is 16.5. The molecule has 22 heavy (non-hydrogen) atoms. The number of hydrogen-bond donors (Lipinski definition) is 2. The summed E-state index contributed by atoms with van der Waals surface area (Å²) in [6.45, 7) is 0.517. The van der Waals surface area contributed by atoms with E-state index >= 15 is 0 Å². The molecule has 2 N–H and O–H groups in total. The maximum absolute atomic E-state index is 11.7. The van der Waals surface area contributed by atoms with Crippen molar-refractivity contribution in [3.8, 4) is 5.75 Å². The maximum Gasteiger partial charge on any atom is 0.286 e. The van der Waals surface area contributed by atoms with E-state index in [0.717, 1.165) is 11.3 Å². The molecule has 0 atom stereocenters. The SMILES string of the molecule is COc1ccc(CNc2cc(=O)n(O)c3ncncc23)cc1. The van der Waals surface area contributed by atoms with Crippen molar-refractivity contribution in [2.24, 2.45) is 0 Å². The molecule has 0 aliphatic heterocycles. The number of pyridine rings is 1. The van der Waals surface area contributed by atoms with Gasteiger partial charge in [-0.15, -0.1) is 4.73 Å². The highest BCUT2D eigenvalue weighted by molar-refractivity contribution is 5.87. The predicted molar refractivity (Wildman–Crippen MR) is 81.3 cm³/mol. The molecule has 0 fully saturated rings. The smallest absolute Gasteiger partial charge is 0.286 e. The topological polar surface area (TPSA) is 89.3 Å². The molecule has 2 aromatic heterocycles. The Morgan fingerprint density at radius 3 is 2.82 bits per heavy atom. The summed E-state index contributed by atoms with van der Waals surface area (Å²) in [4.78, 5) is 19.6. The van der Waals surface area contributed by atoms with E-state index in [2.05, 4.69) is 15.3 Å². The van der Waals surface area contributed by atoms with Crippen molar-refractivity contribution in [2.75, 3.05) is 12.4 Å². The monoisotopic (exact) mass is 298 g/mol. The maximum atomic E-state index is 11.7. The Morgan fingerprint density at radius 1 is 1.32 bits per heavy atom. The van der Waals surface area contributed by atoms with Gasteiger partial charge in [0, 0.05) is 18.8 Å². The van der Waals surface area contributed by atoms with Gasteiger partial charge in [-0.25, -0.2) is 9.97 Å². The summed E-state index contributed by atoms with van der Waals surface area (Å²) in [5.41, 5.74) is 1.21. The molecular formula is C15H14N4O3. The third-order valence-electron chi connectivity index (χ3n) is 3.30. The Balaban J connectivity index is 1.90. The Labute approximate surface area is 125 Å². The summed E-state index contributed by atoms with van der Waals surface area (Å²) >= 11 is 0. The van der Waals surface area contributed by atoms with Crippen molar-refractivity contribution in [1.82, 2.24) is 14.7 Å². The normalized spacial score (nSPS) is 10.6. The Bertz CT molecular complexity index is 859. The number of methoxy groups -OCH3 is 1. The van der Waals surface area contributed by atoms with Gasteiger partial charge in [-0.2, -0.15) is 0 Å². The van der Waals surface area contributed by atoms with Crippen LogP contribution in [0.25, 0.3) is 11.0 Å². The highest BCUT2D eigenvalue weighted by Gasteiger charge is 2.09. The van der Waals surface area contributed by atoms with Crippen molar-refractivity contribution in [3.63, 3.8) is 0 Å². The molecule has 2 heterocycles. The number of aromatic nitrogens is 3. The summed E-state index contributed by atoms with van der Waals surface area (Å²) in [5.74, 6) is 0.783. The van der Waals surface area contributed by atoms with Crippen molar-refractivity contribution >= 4 is 16.7 Å². The Kier molecular flexibility index (Phi) is 3.61. The van der Waals surface area contributed by atoms with E-state index in [1.165, 1.54) is 12.4 Å². The minimum absolute atomic E-state index is 0.166. The van der Waals surface area contributed by atoms with Gasteiger partial charge < -0.3 is 15.3 Å². The van der Waals surface area contributed by atoms with Crippen LogP contribution in [-0.4, -0.2) is 27.0 Å². The van der Waals surface area contributed by atoms with E-state index in [1.54, 1.807) is 13.3 Å². The van der Waals surface area contributed by atoms with Crippen LogP contribution in [-0.2, 0) is 6.54 Å². The van der Waals surface area contributed by atoms with Gasteiger partial charge in [-0.05, 0) is 17.7 Å². The van der Waals surface area contributed by atoms with Gasteiger partial charge in [-0.3, -0.25) is 4.79 Å². The fourth-order valence-corrected chi connectivity index (χ4v) is 2.14. The van der Waals surface area contributed by atoms with Crippen molar-refractivity contribution < 1.29 is 9.94 Å². The third-order valence-corrected chi connectivity index (χ3v) is 3.30. The van der Waals surface area contributed by atoms with Crippen LogP contribution in [0.1, 0.15) is 5.56 Å². The zero-order valence-electron chi connectivity index (χ0n) is 11.9. The molecule has 1 aromatic carbocycles. The van der Waals surface area contributed by atoms with E-state index in [4.69, 9.17) is 4.74 Å². The van der Waals surface area contributed by atoms with E-state index in [1.807, 2.05) is 24.3 Å². The van der Waals surface area contributed by atoms with Gasteiger partial charge in [0.05, 0.1) is 18.2 Å². The second kappa shape index (κ2) is 5.72. The number of benzene rings is 1. The molecule has 0 aliphatic carbocycles. The van der Waals surface area contributed by atoms with Crippen LogP contribution >= 0.6 is 0 Å². The lowest BCUT2D eigenvalue weighted by molar-refractivity contribution is 0.186. The van der Waals surface area contributed by atoms with E-state index in [9.17, 15) is 10.0 Å². The molecule has 3 aromatic rings. The molecule has 7 heteroatoms. The average Bonchev–Trinajstić information content (AvgIpc) is 2.57. The Morgan fingerprint density at radius 2 is 2.09 bits per heavy atom. The van der Waals surface area contributed by atoms with Crippen LogP contribution in [0.2, 0.25) is 0 Å². The molecule has 0 bridgehead atoms. The van der Waals surface area contributed by atoms with Crippen molar-refractivity contribution in [1.29, 1.82) is 0 Å². The first-order valence-corrected chi connectivity index (χ1v) is 6.61. The van der Waals surface area contributed by atoms with Crippen LogP contribution in [0.15, 0.2) is 47.7 Å². The van der Waals surface area contributed by atoms with Gasteiger partial charge in [-0.1, -0.05) is 12.1 Å². The van der Waals surface area contributed by atoms with E-state index in [0.29, 0.717) is 22.3 Å². The first kappa shape index (κ1) is 13.9. The quantitative estimate of drug-likeness (QED) is 0.712. The zero-order valence-corrected chi connectivity index (χ0v) is 11.9. The number of hydrogen-bond acceptors (Lipinski definition) is 6. The number of fused-ring (bicyclic) bond motifs is 1. The van der Waals surface area contributed by atoms with Crippen LogP contribution in [0, 0.1) is 0 Å². The fraction of sp³-hybridized carbons (Fsp3) is 0.133. The number of nitrogens with one attached hydrogen (secondary N) is 1. The first-order valence-electron chi connectivity index (χ1n) is 6.61. The highest BCUT2D eigenvalue weighted by Crippen LogP contribution is 2.19. The van der Waals surface area contributed by atoms with Crippen LogP contribution < -0.4 is 15.6 Å². The molecule has 0 saturated heterocycles. The summed E-state index contributed by atoms with van der Waals surface area (Å²) in [6, 6.07) is 8.90. The molecule has 7 nitrogen and oxygen atoms in total. The summed E-state index contributed by atoms with van der Waals surface area (Å²) < 4.78 is 5.62. The molecule has 0 aliphatic rings. The van der Waals surface area contributed by atoms with E-state index < -0.39 is 5.56 Å². The van der Waals surface area contributed by atoms with Gasteiger partial charge in [0.25, 0.3) is 5.56 Å². The van der Waals surface area contributed by atoms with Crippen LogP contribution in [0.3, 0.4) is 0 Å². The summed E-state index contributed by atoms with van der Waals surface area (Å²) in [5, 5.41) is 13.4. The summed E-state index contributed by atoms with van der Waals surface area (Å²) in [6.07, 6.45) is 2.83. The van der Waals surface area contributed by atoms with Crippen LogP contribution in [0.4, 0.5) is 5.69 Å². The number of ether oxygens (including phenoxy) is 1. The molecule has 0 amide bonds. The minimum atomic E-state index is -0.552. The van der Waals surface area contributed by atoms with Gasteiger partial charge >= 0.3 is 0 Å². The Hall–Kier alpha value is -3.09. The van der Waals surface area contributed by atoms with Gasteiger partial charge in [0.2, 0.25) is 0 Å². The molecule has 0 radical (unpaired) electrons. The number of anilines is 1. The molecule has 0 spiro atoms. The lowest BCUT2D eigenvalue weighted by Crippen LogP contribution is -2.19. The molecule has 0 saturated carbocycles. The molecule has 0 unspecified atom stereocenters. The standard InChI is InChI=1S/C15H14N4O3/c1-22-11-4-2-10(3-5-11)7-17-13-6-14(20)19(21)15-12(13)8-16-9-18-15/h2-6,8-9,17,21H,7H2,1H3. The molecule has 112 valence electrons. The van der Waals surface area contributed by atoms with Crippen LogP contribution in [0.5, 0.6) is 5.75 Å². The van der Waals surface area contributed by atoms with Crippen molar-refractivity contribution in [2.45, 2.75) is 6.54 Å². The summed E-state index contributed by atoms with van der Waals surface area (Å²) in [7, 11) is 1.61.